The first-order valence-electron chi connectivity index (χ1n) is 13.3. The van der Waals surface area contributed by atoms with E-state index in [1.165, 1.54) is 12.1 Å². The molecule has 9 nitrogen and oxygen atoms in total. The number of alkyl halides is 1. The molecular formula is C28H38F2N4O5. The van der Waals surface area contributed by atoms with Gasteiger partial charge in [0.05, 0.1) is 30.8 Å². The molecule has 2 aromatic rings. The van der Waals surface area contributed by atoms with Gasteiger partial charge in [0.15, 0.2) is 0 Å². The molecule has 1 saturated carbocycles. The summed E-state index contributed by atoms with van der Waals surface area (Å²) in [5, 5.41) is 5.68. The quantitative estimate of drug-likeness (QED) is 0.530. The number of fused-ring (bicyclic) bond motifs is 1. The van der Waals surface area contributed by atoms with E-state index in [2.05, 4.69) is 10.6 Å². The predicted molar refractivity (Wildman–Crippen MR) is 144 cm³/mol. The molecule has 1 aliphatic heterocycles. The van der Waals surface area contributed by atoms with Crippen LogP contribution in [-0.4, -0.2) is 53.3 Å². The van der Waals surface area contributed by atoms with E-state index in [-0.39, 0.29) is 49.9 Å². The third-order valence-electron chi connectivity index (χ3n) is 6.53. The molecule has 1 aromatic carbocycles. The van der Waals surface area contributed by atoms with Crippen molar-refractivity contribution in [1.82, 2.24) is 15.2 Å². The highest BCUT2D eigenvalue weighted by atomic mass is 19.1. The first-order valence-corrected chi connectivity index (χ1v) is 13.3. The van der Waals surface area contributed by atoms with Crippen LogP contribution in [0.15, 0.2) is 23.0 Å². The average Bonchev–Trinajstić information content (AvgIpc) is 3.55. The SMILES string of the molecule is CC(C)(C)OC(=O)NCc1c(N2CCC(F)(CNC(=O)OC(C)(C)C)C2)c(F)cc2ccc(=O)n(C3CC3)c12. The third-order valence-corrected chi connectivity index (χ3v) is 6.53. The van der Waals surface area contributed by atoms with Gasteiger partial charge in [0.25, 0.3) is 5.56 Å². The lowest BCUT2D eigenvalue weighted by Gasteiger charge is -2.27. The van der Waals surface area contributed by atoms with Crippen LogP contribution in [0.3, 0.4) is 0 Å². The fourth-order valence-corrected chi connectivity index (χ4v) is 4.86. The van der Waals surface area contributed by atoms with Gasteiger partial charge in [0.1, 0.15) is 22.7 Å². The Hall–Kier alpha value is -3.37. The lowest BCUT2D eigenvalue weighted by molar-refractivity contribution is 0.0484. The molecule has 39 heavy (non-hydrogen) atoms. The lowest BCUT2D eigenvalue weighted by Crippen LogP contribution is -2.43. The number of carbonyl (C=O) groups excluding carboxylic acids is 2. The number of nitrogens with zero attached hydrogens (tertiary/aromatic N) is 2. The van der Waals surface area contributed by atoms with Crippen LogP contribution >= 0.6 is 0 Å². The minimum Gasteiger partial charge on any atom is -0.444 e. The van der Waals surface area contributed by atoms with Gasteiger partial charge in [-0.2, -0.15) is 0 Å². The van der Waals surface area contributed by atoms with E-state index >= 15 is 8.78 Å². The zero-order valence-corrected chi connectivity index (χ0v) is 23.5. The molecule has 1 aliphatic carbocycles. The number of carbonyl (C=O) groups is 2. The predicted octanol–water partition coefficient (Wildman–Crippen LogP) is 4.94. The van der Waals surface area contributed by atoms with E-state index in [1.54, 1.807) is 57.1 Å². The maximum absolute atomic E-state index is 15.8. The molecule has 11 heteroatoms. The van der Waals surface area contributed by atoms with Gasteiger partial charge < -0.3 is 29.6 Å². The summed E-state index contributed by atoms with van der Waals surface area (Å²) in [5.74, 6) is -0.589. The summed E-state index contributed by atoms with van der Waals surface area (Å²) >= 11 is 0. The minimum absolute atomic E-state index is 0.0170. The van der Waals surface area contributed by atoms with Crippen LogP contribution < -0.4 is 21.1 Å². The van der Waals surface area contributed by atoms with Gasteiger partial charge >= 0.3 is 12.2 Å². The van der Waals surface area contributed by atoms with Crippen molar-refractivity contribution in [2.45, 2.75) is 90.3 Å². The molecule has 214 valence electrons. The summed E-state index contributed by atoms with van der Waals surface area (Å²) < 4.78 is 43.8. The Morgan fingerprint density at radius 1 is 1.05 bits per heavy atom. The van der Waals surface area contributed by atoms with Crippen molar-refractivity contribution in [3.05, 3.63) is 39.9 Å². The van der Waals surface area contributed by atoms with Crippen LogP contribution in [0, 0.1) is 5.82 Å². The first-order chi connectivity index (χ1) is 18.1. The van der Waals surface area contributed by atoms with Crippen molar-refractivity contribution in [3.8, 4) is 0 Å². The van der Waals surface area contributed by atoms with E-state index in [0.29, 0.717) is 16.5 Å². The van der Waals surface area contributed by atoms with Crippen LogP contribution in [0.4, 0.5) is 24.1 Å². The fourth-order valence-electron chi connectivity index (χ4n) is 4.86. The molecule has 0 bridgehead atoms. The second-order valence-corrected chi connectivity index (χ2v) is 12.4. The van der Waals surface area contributed by atoms with E-state index in [4.69, 9.17) is 9.47 Å². The van der Waals surface area contributed by atoms with Crippen molar-refractivity contribution in [1.29, 1.82) is 0 Å². The molecule has 2 fully saturated rings. The highest BCUT2D eigenvalue weighted by Crippen LogP contribution is 2.41. The van der Waals surface area contributed by atoms with Crippen LogP contribution in [0.1, 0.15) is 72.4 Å². The van der Waals surface area contributed by atoms with Gasteiger partial charge in [0.2, 0.25) is 0 Å². The standard InChI is InChI=1S/C28H38F2N4O5/c1-26(2,3)38-24(36)31-14-19-22-17(7-10-21(35)34(22)18-8-9-18)13-20(29)23(19)33-12-11-28(30,16-33)15-32-25(37)39-27(4,5)6/h7,10,13,18H,8-9,11-12,14-16H2,1-6H3,(H,31,36)(H,32,37). The molecule has 1 saturated heterocycles. The Morgan fingerprint density at radius 2 is 1.67 bits per heavy atom. The summed E-state index contributed by atoms with van der Waals surface area (Å²) in [6, 6.07) is 4.30. The summed E-state index contributed by atoms with van der Waals surface area (Å²) in [6.45, 7) is 9.90. The summed E-state index contributed by atoms with van der Waals surface area (Å²) in [6.07, 6.45) is 0.260. The molecular weight excluding hydrogens is 510 g/mol. The van der Waals surface area contributed by atoms with E-state index in [1.807, 2.05) is 0 Å². The number of amides is 2. The number of halogens is 2. The van der Waals surface area contributed by atoms with E-state index < -0.39 is 34.9 Å². The molecule has 0 radical (unpaired) electrons. The van der Waals surface area contributed by atoms with Crippen molar-refractivity contribution >= 4 is 28.8 Å². The number of ether oxygens (including phenoxy) is 2. The van der Waals surface area contributed by atoms with Crippen molar-refractivity contribution in [2.75, 3.05) is 24.5 Å². The molecule has 1 atom stereocenters. The number of aromatic nitrogens is 1. The van der Waals surface area contributed by atoms with Gasteiger partial charge in [-0.15, -0.1) is 0 Å². The molecule has 4 rings (SSSR count). The minimum atomic E-state index is -1.83. The molecule has 1 aromatic heterocycles. The van der Waals surface area contributed by atoms with Gasteiger partial charge in [-0.1, -0.05) is 0 Å². The number of rotatable bonds is 6. The number of alkyl carbamates (subject to hydrolysis) is 2. The monoisotopic (exact) mass is 548 g/mol. The normalized spacial score (nSPS) is 19.7. The lowest BCUT2D eigenvalue weighted by atomic mass is 10.0. The molecule has 2 heterocycles. The highest BCUT2D eigenvalue weighted by Gasteiger charge is 2.41. The molecule has 1 unspecified atom stereocenters. The highest BCUT2D eigenvalue weighted by molar-refractivity contribution is 5.89. The Bertz CT molecular complexity index is 1330. The number of hydrogen-bond acceptors (Lipinski definition) is 6. The zero-order valence-electron chi connectivity index (χ0n) is 23.5. The molecule has 2 aliphatic rings. The fraction of sp³-hybridized carbons (Fsp3) is 0.607. The number of hydrogen-bond donors (Lipinski definition) is 2. The van der Waals surface area contributed by atoms with Crippen molar-refractivity contribution < 1.29 is 27.8 Å². The Labute approximate surface area is 226 Å². The largest absolute Gasteiger partial charge is 0.444 e. The topological polar surface area (TPSA) is 102 Å². The summed E-state index contributed by atoms with van der Waals surface area (Å²) in [4.78, 5) is 39.1. The molecule has 2 amide bonds. The third kappa shape index (κ3) is 6.99. The van der Waals surface area contributed by atoms with Crippen LogP contribution in [0.5, 0.6) is 0 Å². The summed E-state index contributed by atoms with van der Waals surface area (Å²) in [7, 11) is 0. The van der Waals surface area contributed by atoms with Crippen molar-refractivity contribution in [2.24, 2.45) is 0 Å². The first kappa shape index (κ1) is 28.6. The number of pyridine rings is 1. The smallest absolute Gasteiger partial charge is 0.407 e. The van der Waals surface area contributed by atoms with Gasteiger partial charge in [0, 0.05) is 36.0 Å². The van der Waals surface area contributed by atoms with Gasteiger partial charge in [-0.05, 0) is 66.5 Å². The van der Waals surface area contributed by atoms with E-state index in [0.717, 1.165) is 12.8 Å². The number of benzene rings is 1. The summed E-state index contributed by atoms with van der Waals surface area (Å²) in [5.41, 5.74) is -2.50. The van der Waals surface area contributed by atoms with Gasteiger partial charge in [-0.3, -0.25) is 4.79 Å². The van der Waals surface area contributed by atoms with Crippen LogP contribution in [0.2, 0.25) is 0 Å². The molecule has 2 N–H and O–H groups in total. The molecule has 0 spiro atoms. The Kier molecular flexibility index (Phi) is 7.57. The second-order valence-electron chi connectivity index (χ2n) is 12.4. The van der Waals surface area contributed by atoms with Crippen molar-refractivity contribution in [3.63, 3.8) is 0 Å². The second kappa shape index (κ2) is 10.3. The Balaban J connectivity index is 1.68. The number of nitrogens with one attached hydrogen (secondary N) is 2. The maximum atomic E-state index is 15.8. The maximum Gasteiger partial charge on any atom is 0.407 e. The number of anilines is 1. The van der Waals surface area contributed by atoms with Crippen LogP contribution in [-0.2, 0) is 16.0 Å². The van der Waals surface area contributed by atoms with Gasteiger partial charge in [-0.25, -0.2) is 18.4 Å². The average molecular weight is 549 g/mol. The Morgan fingerprint density at radius 3 is 2.26 bits per heavy atom. The zero-order chi connectivity index (χ0) is 28.8. The van der Waals surface area contributed by atoms with E-state index in [9.17, 15) is 14.4 Å². The van der Waals surface area contributed by atoms with Crippen LogP contribution in [0.25, 0.3) is 10.9 Å².